The maximum absolute atomic E-state index is 8.55. The van der Waals surface area contributed by atoms with Crippen LogP contribution in [0.5, 0.6) is 0 Å². The summed E-state index contributed by atoms with van der Waals surface area (Å²) in [6.45, 7) is 0. The molecule has 0 saturated heterocycles. The third-order valence-corrected chi connectivity index (χ3v) is 0. The Kier molecular flexibility index (Phi) is 36.6. The van der Waals surface area contributed by atoms with Crippen molar-refractivity contribution in [2.75, 3.05) is 0 Å². The number of hydrogen-bond acceptors (Lipinski definition) is 8. The first-order valence-corrected chi connectivity index (χ1v) is 4.38. The van der Waals surface area contributed by atoms with Crippen molar-refractivity contribution in [1.82, 2.24) is 0 Å². The minimum atomic E-state index is -5.39. The molecule has 0 unspecified atom stereocenters. The quantitative estimate of drug-likeness (QED) is 0.311. The first kappa shape index (κ1) is 36.2. The van der Waals surface area contributed by atoms with Crippen LogP contribution in [0.1, 0.15) is 2.85 Å². The average molecular weight is 284 g/mol. The Morgan fingerprint density at radius 1 is 0.643 bits per heavy atom. The molecule has 0 atom stereocenters. The van der Waals surface area contributed by atoms with Gasteiger partial charge >= 0.3 is 37.6 Å². The van der Waals surface area contributed by atoms with Crippen LogP contribution in [0.4, 0.5) is 0 Å². The van der Waals surface area contributed by atoms with Crippen molar-refractivity contribution in [2.45, 2.75) is 0 Å². The molecule has 0 radical (unpaired) electrons. The molecule has 8 nitrogen and oxygen atoms in total. The van der Waals surface area contributed by atoms with Crippen molar-refractivity contribution in [3.8, 4) is 0 Å². The fourth-order valence-corrected chi connectivity index (χ4v) is 0. The predicted molar refractivity (Wildman–Crippen MR) is 28.9 cm³/mol. The van der Waals surface area contributed by atoms with E-state index in [0.717, 1.165) is 0 Å². The summed E-state index contributed by atoms with van der Waals surface area (Å²) in [4.78, 5) is 51.3. The summed E-state index contributed by atoms with van der Waals surface area (Å²) in [5.74, 6) is 0. The maximum atomic E-state index is 8.55. The van der Waals surface area contributed by atoms with Crippen LogP contribution in [-0.4, -0.2) is 34.7 Å². The van der Waals surface area contributed by atoms with Gasteiger partial charge < -0.3 is 47.9 Å². The topological polar surface area (TPSA) is 172 Å². The van der Waals surface area contributed by atoms with Gasteiger partial charge in [0.1, 0.15) is 0 Å². The Hall–Kier alpha value is 1.14. The van der Waals surface area contributed by atoms with Crippen LogP contribution in [0.2, 0.25) is 0 Å². The van der Waals surface area contributed by atoms with Gasteiger partial charge in [0, 0.05) is 0 Å². The molecule has 14 heavy (non-hydrogen) atoms. The van der Waals surface area contributed by atoms with E-state index < -0.39 is 15.6 Å². The Balaban J connectivity index is -0.00000000970. The third kappa shape index (κ3) is 1480. The molecule has 0 aliphatic heterocycles. The molecule has 0 spiro atoms. The van der Waals surface area contributed by atoms with Gasteiger partial charge in [0.2, 0.25) is 0 Å². The molecule has 0 rings (SSSR count). The van der Waals surface area contributed by atoms with Crippen LogP contribution < -0.4 is 38.8 Å². The normalized spacial score (nSPS) is 8.43. The Bertz CT molecular complexity index is 144. The van der Waals surface area contributed by atoms with Crippen molar-refractivity contribution >= 4 is 50.4 Å². The smallest absolute Gasteiger partial charge is 1.00 e. The molecule has 0 saturated carbocycles. The van der Waals surface area contributed by atoms with Crippen molar-refractivity contribution in [3.05, 3.63) is 0 Å². The van der Waals surface area contributed by atoms with Crippen LogP contribution in [-0.2, 0) is 9.13 Å². The second kappa shape index (κ2) is 14.1. The van der Waals surface area contributed by atoms with Gasteiger partial charge in [-0.2, -0.15) is 15.6 Å². The van der Waals surface area contributed by atoms with E-state index >= 15 is 0 Å². The second-order valence-corrected chi connectivity index (χ2v) is 2.68. The molecule has 0 aromatic rings. The molecule has 0 aliphatic carbocycles. The van der Waals surface area contributed by atoms with Crippen LogP contribution in [0.25, 0.3) is 0 Å². The molecule has 0 N–H and O–H groups in total. The number of hydrogen-bond donors (Lipinski definition) is 0. The summed E-state index contributed by atoms with van der Waals surface area (Å²) >= 11 is 0. The fraction of sp³-hybridized carbons (Fsp3) is 0. The number of rotatable bonds is 0. The van der Waals surface area contributed by atoms with Crippen LogP contribution in [0, 0.1) is 0 Å². The maximum Gasteiger partial charge on any atom is 3.00 e. The van der Waals surface area contributed by atoms with Gasteiger partial charge in [-0.15, -0.1) is 0 Å². The van der Waals surface area contributed by atoms with E-state index in [1.807, 2.05) is 0 Å². The number of phosphoric acid groups is 2. The van der Waals surface area contributed by atoms with Gasteiger partial charge in [-0.05, 0) is 0 Å². The molecule has 0 fully saturated rings. The average Bonchev–Trinajstić information content (AvgIpc) is 1.12. The van der Waals surface area contributed by atoms with E-state index in [2.05, 4.69) is 0 Å². The first-order chi connectivity index (χ1) is 4.00. The standard InChI is InChI=1S/2Al.2FH.2H3O4P/c;;;;2*1-5(2,3)4/h;;2*1H;2*(H3,1,2,3,4)/q2*+3;;;;/p-6. The predicted octanol–water partition coefficient (Wildman–Crippen LogP) is -12.2. The molecule has 0 heterocycles. The zero-order valence-electron chi connectivity index (χ0n) is 8.07. The Labute approximate surface area is 101 Å². The minimum absolute atomic E-state index is 0. The molecule has 14 heteroatoms. The summed E-state index contributed by atoms with van der Waals surface area (Å²) in [6.07, 6.45) is 0. The molecule has 0 aromatic carbocycles. The summed E-state index contributed by atoms with van der Waals surface area (Å²) in [6, 6.07) is 0. The molecular formula is H2Al2F2O8P2. The minimum Gasteiger partial charge on any atom is -1.00 e. The van der Waals surface area contributed by atoms with E-state index in [1.54, 1.807) is 0 Å². The van der Waals surface area contributed by atoms with Gasteiger partial charge in [-0.25, -0.2) is 0 Å². The van der Waals surface area contributed by atoms with Crippen LogP contribution in [0.15, 0.2) is 0 Å². The molecule has 0 amide bonds. The van der Waals surface area contributed by atoms with Gasteiger partial charge in [-0.1, -0.05) is 0 Å². The molecule has 80 valence electrons. The summed E-state index contributed by atoms with van der Waals surface area (Å²) in [5, 5.41) is 0. The van der Waals surface area contributed by atoms with Gasteiger partial charge in [0.15, 0.2) is 0 Å². The largest absolute Gasteiger partial charge is 3.00 e. The van der Waals surface area contributed by atoms with Gasteiger partial charge in [-0.3, -0.25) is 0 Å². The van der Waals surface area contributed by atoms with E-state index in [4.69, 9.17) is 38.5 Å². The second-order valence-electron chi connectivity index (χ2n) is 0.894. The Morgan fingerprint density at radius 2 is 0.643 bits per heavy atom. The van der Waals surface area contributed by atoms with E-state index in [-0.39, 0.29) is 47.0 Å². The SMILES string of the molecule is O=P([O-])([O-])[O-].O=P([O-])([O-])[O-].[Al+3].[Al+3].[F-].[F-].[H+].[H+]. The molecule has 0 aromatic heterocycles. The monoisotopic (exact) mass is 284 g/mol. The summed E-state index contributed by atoms with van der Waals surface area (Å²) in [5.41, 5.74) is 0. The molecule has 0 bridgehead atoms. The summed E-state index contributed by atoms with van der Waals surface area (Å²) < 4.78 is 17.1. The number of halogens is 2. The van der Waals surface area contributed by atoms with Crippen molar-refractivity contribution < 1.29 is 50.8 Å². The molecule has 0 aliphatic rings. The Morgan fingerprint density at radius 3 is 0.643 bits per heavy atom. The first-order valence-electron chi connectivity index (χ1n) is 1.46. The van der Waals surface area contributed by atoms with Crippen LogP contribution >= 0.6 is 15.6 Å². The molecular weight excluding hydrogens is 282 g/mol. The van der Waals surface area contributed by atoms with E-state index in [0.29, 0.717) is 0 Å². The fourth-order valence-electron chi connectivity index (χ4n) is 0. The zero-order valence-corrected chi connectivity index (χ0v) is 10.2. The van der Waals surface area contributed by atoms with Crippen molar-refractivity contribution in [1.29, 1.82) is 0 Å². The summed E-state index contributed by atoms with van der Waals surface area (Å²) in [7, 11) is -10.8. The van der Waals surface area contributed by atoms with E-state index in [1.165, 1.54) is 0 Å². The third-order valence-electron chi connectivity index (χ3n) is 0. The van der Waals surface area contributed by atoms with Gasteiger partial charge in [0.05, 0.1) is 0 Å². The van der Waals surface area contributed by atoms with Crippen LogP contribution in [0.3, 0.4) is 0 Å². The van der Waals surface area contributed by atoms with Crippen molar-refractivity contribution in [2.24, 2.45) is 0 Å². The zero-order chi connectivity index (χ0) is 9.00. The van der Waals surface area contributed by atoms with Crippen molar-refractivity contribution in [3.63, 3.8) is 0 Å². The van der Waals surface area contributed by atoms with E-state index in [9.17, 15) is 0 Å². The van der Waals surface area contributed by atoms with Gasteiger partial charge in [0.25, 0.3) is 0 Å².